The average molecular weight is 345 g/mol. The monoisotopic (exact) mass is 345 g/mol. The van der Waals surface area contributed by atoms with Gasteiger partial charge in [-0.25, -0.2) is 15.3 Å². The van der Waals surface area contributed by atoms with E-state index in [0.717, 1.165) is 12.8 Å². The number of ether oxygens (including phenoxy) is 1. The van der Waals surface area contributed by atoms with E-state index in [1.807, 2.05) is 0 Å². The lowest BCUT2D eigenvalue weighted by molar-refractivity contribution is -0.130. The lowest BCUT2D eigenvalue weighted by Crippen LogP contribution is -2.34. The van der Waals surface area contributed by atoms with Crippen LogP contribution < -0.4 is 26.7 Å². The van der Waals surface area contributed by atoms with Gasteiger partial charge in [0.25, 0.3) is 0 Å². The predicted molar refractivity (Wildman–Crippen MR) is 97.9 cm³/mol. The Hall–Kier alpha value is -2.09. The lowest BCUT2D eigenvalue weighted by Gasteiger charge is -2.18. The zero-order valence-electron chi connectivity index (χ0n) is 14.9. The maximum Gasteiger partial charge on any atom is 0.360 e. The number of hydrogen-bond acceptors (Lipinski definition) is 6. The van der Waals surface area contributed by atoms with Crippen molar-refractivity contribution in [3.05, 3.63) is 28.2 Å². The molecule has 1 saturated carbocycles. The van der Waals surface area contributed by atoms with E-state index in [1.165, 1.54) is 38.2 Å². The number of allylic oxidation sites excluding steroid dienone is 1. The molecule has 25 heavy (non-hydrogen) atoms. The first-order valence-corrected chi connectivity index (χ1v) is 8.90. The Labute approximate surface area is 148 Å². The number of esters is 1. The molecule has 0 aromatic carbocycles. The van der Waals surface area contributed by atoms with Gasteiger partial charge in [-0.15, -0.1) is 0 Å². The van der Waals surface area contributed by atoms with Gasteiger partial charge in [0.1, 0.15) is 5.70 Å². The highest BCUT2D eigenvalue weighted by Gasteiger charge is 2.18. The van der Waals surface area contributed by atoms with Crippen molar-refractivity contribution in [2.75, 3.05) is 7.05 Å². The van der Waals surface area contributed by atoms with E-state index < -0.39 is 11.5 Å². The molecule has 0 spiro atoms. The summed E-state index contributed by atoms with van der Waals surface area (Å²) in [6.07, 6.45) is 10.1. The summed E-state index contributed by atoms with van der Waals surface area (Å²) in [5.74, 6) is -0.237. The quantitative estimate of drug-likeness (QED) is 0.310. The standard InChI is InChI=1S/C17H26BN4O3/c1-3-13(20-19-2)17(24)25-14-11-15(21-22-16(14)23)18-12-9-7-5-4-6-8-10-12/h3,11-12,19-20H,4-10H2,1-2H3,(H,22,23)/b13-3-. The summed E-state index contributed by atoms with van der Waals surface area (Å²) in [7, 11) is 3.71. The molecule has 135 valence electrons. The van der Waals surface area contributed by atoms with Crippen LogP contribution >= 0.6 is 0 Å². The predicted octanol–water partition coefficient (Wildman–Crippen LogP) is 1.17. The van der Waals surface area contributed by atoms with Gasteiger partial charge in [-0.1, -0.05) is 56.8 Å². The molecule has 3 N–H and O–H groups in total. The molecule has 0 atom stereocenters. The van der Waals surface area contributed by atoms with Gasteiger partial charge in [-0.05, 0) is 13.0 Å². The second-order valence-electron chi connectivity index (χ2n) is 6.22. The van der Waals surface area contributed by atoms with E-state index in [2.05, 4.69) is 28.3 Å². The van der Waals surface area contributed by atoms with Crippen LogP contribution in [-0.2, 0) is 4.79 Å². The molecule has 1 aliphatic carbocycles. The van der Waals surface area contributed by atoms with Crippen molar-refractivity contribution in [2.24, 2.45) is 0 Å². The molecular weight excluding hydrogens is 319 g/mol. The van der Waals surface area contributed by atoms with Gasteiger partial charge in [-0.3, -0.25) is 4.79 Å². The van der Waals surface area contributed by atoms with Crippen LogP contribution in [0, 0.1) is 0 Å². The number of H-pyrrole nitrogens is 1. The zero-order chi connectivity index (χ0) is 18.1. The molecule has 1 aromatic rings. The van der Waals surface area contributed by atoms with Crippen LogP contribution in [0.5, 0.6) is 5.75 Å². The van der Waals surface area contributed by atoms with Gasteiger partial charge in [-0.2, -0.15) is 5.10 Å². The van der Waals surface area contributed by atoms with Gasteiger partial charge in [0.15, 0.2) is 13.0 Å². The summed E-state index contributed by atoms with van der Waals surface area (Å²) in [6, 6.07) is 1.53. The Kier molecular flexibility index (Phi) is 7.72. The van der Waals surface area contributed by atoms with Gasteiger partial charge >= 0.3 is 11.5 Å². The minimum atomic E-state index is -0.634. The average Bonchev–Trinajstić information content (AvgIpc) is 2.57. The van der Waals surface area contributed by atoms with E-state index in [0.29, 0.717) is 11.4 Å². The highest BCUT2D eigenvalue weighted by atomic mass is 16.5. The highest BCUT2D eigenvalue weighted by molar-refractivity contribution is 6.53. The summed E-state index contributed by atoms with van der Waals surface area (Å²) in [5.41, 5.74) is 5.66. The minimum absolute atomic E-state index is 0.0469. The summed E-state index contributed by atoms with van der Waals surface area (Å²) in [6.45, 7) is 1.70. The topological polar surface area (TPSA) is 96.1 Å². The number of rotatable bonds is 6. The van der Waals surface area contributed by atoms with Crippen molar-refractivity contribution in [3.63, 3.8) is 0 Å². The Balaban J connectivity index is 2.06. The summed E-state index contributed by atoms with van der Waals surface area (Å²) in [5, 5.41) is 6.48. The number of carbonyl (C=O) groups excluding carboxylic acids is 1. The largest absolute Gasteiger partial charge is 0.416 e. The third-order valence-electron chi connectivity index (χ3n) is 4.32. The van der Waals surface area contributed by atoms with Crippen LogP contribution in [0.1, 0.15) is 51.9 Å². The number of carbonyl (C=O) groups is 1. The number of hydrogen-bond donors (Lipinski definition) is 3. The van der Waals surface area contributed by atoms with Crippen LogP contribution in [0.4, 0.5) is 0 Å². The number of nitrogens with one attached hydrogen (secondary N) is 3. The molecule has 1 fully saturated rings. The maximum atomic E-state index is 12.1. The van der Waals surface area contributed by atoms with Crippen LogP contribution in [-0.4, -0.2) is 30.5 Å². The van der Waals surface area contributed by atoms with Crippen molar-refractivity contribution < 1.29 is 9.53 Å². The van der Waals surface area contributed by atoms with Crippen LogP contribution in [0.25, 0.3) is 0 Å². The van der Waals surface area contributed by atoms with E-state index in [-0.39, 0.29) is 11.4 Å². The normalized spacial score (nSPS) is 16.6. The minimum Gasteiger partial charge on any atom is -0.416 e. The molecule has 1 heterocycles. The molecule has 7 nitrogen and oxygen atoms in total. The highest BCUT2D eigenvalue weighted by Crippen LogP contribution is 2.25. The van der Waals surface area contributed by atoms with Gasteiger partial charge < -0.3 is 10.2 Å². The molecule has 0 unspecified atom stereocenters. The molecule has 0 bridgehead atoms. The van der Waals surface area contributed by atoms with E-state index >= 15 is 0 Å². The number of nitrogens with zero attached hydrogens (tertiary/aromatic N) is 1. The molecule has 1 aromatic heterocycles. The lowest BCUT2D eigenvalue weighted by atomic mass is 9.58. The van der Waals surface area contributed by atoms with Crippen molar-refractivity contribution >= 4 is 18.8 Å². The summed E-state index contributed by atoms with van der Waals surface area (Å²) >= 11 is 0. The molecule has 2 rings (SSSR count). The molecule has 0 amide bonds. The van der Waals surface area contributed by atoms with Crippen molar-refractivity contribution in [2.45, 2.75) is 57.7 Å². The van der Waals surface area contributed by atoms with E-state index in [9.17, 15) is 9.59 Å². The molecule has 0 aliphatic heterocycles. The zero-order valence-corrected chi connectivity index (χ0v) is 14.9. The first-order chi connectivity index (χ1) is 12.1. The Bertz CT molecular complexity index is 652. The molecular formula is C17H26BN4O3. The molecule has 0 saturated heterocycles. The summed E-state index contributed by atoms with van der Waals surface area (Å²) in [4.78, 5) is 24.0. The Morgan fingerprint density at radius 1 is 1.32 bits per heavy atom. The second-order valence-corrected chi connectivity index (χ2v) is 6.22. The number of hydrazine groups is 1. The molecule has 1 aliphatic rings. The van der Waals surface area contributed by atoms with E-state index in [4.69, 9.17) is 4.74 Å². The molecule has 1 radical (unpaired) electrons. The van der Waals surface area contributed by atoms with E-state index in [1.54, 1.807) is 20.0 Å². The van der Waals surface area contributed by atoms with Gasteiger partial charge in [0, 0.05) is 12.6 Å². The first-order valence-electron chi connectivity index (χ1n) is 8.90. The number of aromatic nitrogens is 2. The number of aromatic amines is 1. The van der Waals surface area contributed by atoms with Crippen molar-refractivity contribution in [1.82, 2.24) is 21.0 Å². The van der Waals surface area contributed by atoms with Crippen LogP contribution in [0.3, 0.4) is 0 Å². The third kappa shape index (κ3) is 6.05. The first kappa shape index (κ1) is 19.2. The Morgan fingerprint density at radius 3 is 2.64 bits per heavy atom. The van der Waals surface area contributed by atoms with Crippen LogP contribution in [0.2, 0.25) is 5.82 Å². The van der Waals surface area contributed by atoms with Gasteiger partial charge in [0.05, 0.1) is 0 Å². The maximum absolute atomic E-state index is 12.1. The Morgan fingerprint density at radius 2 is 2.00 bits per heavy atom. The SMILES string of the molecule is C/C=C(\NNC)C(=O)Oc1cc([B]C2CCCCCCC2)n[nH]c1=O. The van der Waals surface area contributed by atoms with Crippen LogP contribution in [0.15, 0.2) is 22.6 Å². The molecule has 8 heteroatoms. The summed E-state index contributed by atoms with van der Waals surface area (Å²) < 4.78 is 5.21. The fraction of sp³-hybridized carbons (Fsp3) is 0.588. The smallest absolute Gasteiger partial charge is 0.360 e. The van der Waals surface area contributed by atoms with Gasteiger partial charge in [0.2, 0.25) is 0 Å². The second kappa shape index (κ2) is 10.0. The third-order valence-corrected chi connectivity index (χ3v) is 4.32. The van der Waals surface area contributed by atoms with Crippen molar-refractivity contribution in [3.8, 4) is 5.75 Å². The van der Waals surface area contributed by atoms with Crippen molar-refractivity contribution in [1.29, 1.82) is 0 Å². The fourth-order valence-electron chi connectivity index (χ4n) is 2.99. The fourth-order valence-corrected chi connectivity index (χ4v) is 2.99.